The Bertz CT molecular complexity index is 677. The molecule has 0 atom stereocenters. The molecule has 5 nitrogen and oxygen atoms in total. The molecule has 4 N–H and O–H groups in total. The van der Waals surface area contributed by atoms with Crippen LogP contribution in [0.25, 0.3) is 0 Å². The minimum absolute atomic E-state index is 0.149. The number of halogens is 2. The van der Waals surface area contributed by atoms with E-state index in [0.717, 1.165) is 0 Å². The number of aromatic nitrogens is 1. The van der Waals surface area contributed by atoms with Crippen LogP contribution in [0.4, 0.5) is 5.69 Å². The highest BCUT2D eigenvalue weighted by atomic mass is 79.9. The van der Waals surface area contributed by atoms with Crippen molar-refractivity contribution in [3.8, 4) is 0 Å². The summed E-state index contributed by atoms with van der Waals surface area (Å²) in [4.78, 5) is 2.96. The van der Waals surface area contributed by atoms with Gasteiger partial charge in [-0.25, -0.2) is 8.42 Å². The number of benzene rings is 1. The molecular formula is C11H11Br2N3O2S. The van der Waals surface area contributed by atoms with Gasteiger partial charge >= 0.3 is 0 Å². The lowest BCUT2D eigenvalue weighted by Crippen LogP contribution is -2.13. The summed E-state index contributed by atoms with van der Waals surface area (Å²) in [6, 6.07) is 6.82. The van der Waals surface area contributed by atoms with Gasteiger partial charge in [-0.1, -0.05) is 6.07 Å². The van der Waals surface area contributed by atoms with Crippen molar-refractivity contribution in [3.63, 3.8) is 0 Å². The summed E-state index contributed by atoms with van der Waals surface area (Å²) >= 11 is 6.61. The largest absolute Gasteiger partial charge is 0.363 e. The fourth-order valence-electron chi connectivity index (χ4n) is 1.48. The highest BCUT2D eigenvalue weighted by Crippen LogP contribution is 2.32. The third kappa shape index (κ3) is 3.19. The summed E-state index contributed by atoms with van der Waals surface area (Å²) in [6.07, 6.45) is 1.41. The zero-order chi connectivity index (χ0) is 14.0. The Hall–Kier alpha value is -0.830. The monoisotopic (exact) mass is 407 g/mol. The fraction of sp³-hybridized carbons (Fsp3) is 0.0909. The summed E-state index contributed by atoms with van der Waals surface area (Å²) in [6.45, 7) is 0.258. The maximum absolute atomic E-state index is 12.2. The van der Waals surface area contributed by atoms with Crippen molar-refractivity contribution in [3.05, 3.63) is 45.1 Å². The van der Waals surface area contributed by atoms with Crippen molar-refractivity contribution in [1.29, 1.82) is 0 Å². The molecule has 2 aromatic rings. The number of hydrogen-bond donors (Lipinski definition) is 3. The number of aromatic amines is 1. The first-order chi connectivity index (χ1) is 8.94. The summed E-state index contributed by atoms with van der Waals surface area (Å²) in [5, 5.41) is 0. The standard InChI is InChI=1S/C11H11Br2N3O2S/c12-9-2-1-3-10(13)11(9)16-19(17,18)8-4-7(5-14)15-6-8/h1-4,6,15-16H,5,14H2. The van der Waals surface area contributed by atoms with Crippen LogP contribution < -0.4 is 10.5 Å². The molecule has 1 aromatic carbocycles. The minimum atomic E-state index is -3.64. The van der Waals surface area contributed by atoms with Gasteiger partial charge in [-0.15, -0.1) is 0 Å². The third-order valence-electron chi connectivity index (χ3n) is 2.45. The molecule has 0 unspecified atom stereocenters. The topological polar surface area (TPSA) is 88.0 Å². The molecule has 1 heterocycles. The Labute approximate surface area is 127 Å². The van der Waals surface area contributed by atoms with Gasteiger partial charge in [0, 0.05) is 27.4 Å². The molecule has 0 radical (unpaired) electrons. The Morgan fingerprint density at radius 2 is 1.89 bits per heavy atom. The molecule has 2 rings (SSSR count). The molecule has 0 aliphatic heterocycles. The molecule has 0 saturated carbocycles. The number of nitrogens with one attached hydrogen (secondary N) is 2. The number of nitrogens with two attached hydrogens (primary N) is 1. The molecule has 102 valence electrons. The maximum Gasteiger partial charge on any atom is 0.263 e. The van der Waals surface area contributed by atoms with Gasteiger partial charge in [-0.3, -0.25) is 4.72 Å². The van der Waals surface area contributed by atoms with Crippen LogP contribution in [0.15, 0.2) is 44.3 Å². The first-order valence-corrected chi connectivity index (χ1v) is 8.35. The summed E-state index contributed by atoms with van der Waals surface area (Å²) in [7, 11) is -3.64. The molecule has 0 aliphatic rings. The van der Waals surface area contributed by atoms with Crippen molar-refractivity contribution in [2.75, 3.05) is 4.72 Å². The number of hydrogen-bond acceptors (Lipinski definition) is 3. The van der Waals surface area contributed by atoms with Crippen molar-refractivity contribution < 1.29 is 8.42 Å². The third-order valence-corrected chi connectivity index (χ3v) is 5.10. The van der Waals surface area contributed by atoms with E-state index < -0.39 is 10.0 Å². The molecule has 0 fully saturated rings. The number of anilines is 1. The molecule has 19 heavy (non-hydrogen) atoms. The predicted octanol–water partition coefficient (Wildman–Crippen LogP) is 2.80. The first-order valence-electron chi connectivity index (χ1n) is 5.28. The van der Waals surface area contributed by atoms with Gasteiger partial charge in [-0.05, 0) is 50.1 Å². The second-order valence-electron chi connectivity index (χ2n) is 3.77. The van der Waals surface area contributed by atoms with Gasteiger partial charge in [-0.2, -0.15) is 0 Å². The Kier molecular flexibility index (Phi) is 4.34. The van der Waals surface area contributed by atoms with E-state index in [-0.39, 0.29) is 11.4 Å². The zero-order valence-corrected chi connectivity index (χ0v) is 13.6. The zero-order valence-electron chi connectivity index (χ0n) is 9.65. The minimum Gasteiger partial charge on any atom is -0.363 e. The van der Waals surface area contributed by atoms with Crippen molar-refractivity contribution in [1.82, 2.24) is 4.98 Å². The van der Waals surface area contributed by atoms with Crippen molar-refractivity contribution in [2.45, 2.75) is 11.4 Å². The highest BCUT2D eigenvalue weighted by Gasteiger charge is 2.18. The van der Waals surface area contributed by atoms with Crippen molar-refractivity contribution in [2.24, 2.45) is 5.73 Å². The Morgan fingerprint density at radius 3 is 2.42 bits per heavy atom. The smallest absolute Gasteiger partial charge is 0.263 e. The average molecular weight is 409 g/mol. The molecule has 0 aliphatic carbocycles. The van der Waals surface area contributed by atoms with E-state index in [1.807, 2.05) is 0 Å². The van der Waals surface area contributed by atoms with Gasteiger partial charge in [0.25, 0.3) is 10.0 Å². The van der Waals surface area contributed by atoms with E-state index in [4.69, 9.17) is 5.73 Å². The van der Waals surface area contributed by atoms with Gasteiger partial charge < -0.3 is 10.7 Å². The van der Waals surface area contributed by atoms with E-state index in [1.54, 1.807) is 18.2 Å². The average Bonchev–Trinajstić information content (AvgIpc) is 2.83. The van der Waals surface area contributed by atoms with Crippen LogP contribution in [-0.4, -0.2) is 13.4 Å². The van der Waals surface area contributed by atoms with Crippen LogP contribution in [-0.2, 0) is 16.6 Å². The molecule has 0 bridgehead atoms. The van der Waals surface area contributed by atoms with Crippen molar-refractivity contribution >= 4 is 47.6 Å². The SMILES string of the molecule is NCc1cc(S(=O)(=O)Nc2c(Br)cccc2Br)c[nH]1. The second-order valence-corrected chi connectivity index (χ2v) is 7.16. The maximum atomic E-state index is 12.2. The van der Waals surface area contributed by atoms with Gasteiger partial charge in [0.1, 0.15) is 4.90 Å². The molecule has 1 aromatic heterocycles. The Morgan fingerprint density at radius 1 is 1.26 bits per heavy atom. The van der Waals surface area contributed by atoms with Crippen LogP contribution in [0.1, 0.15) is 5.69 Å². The van der Waals surface area contributed by atoms with E-state index in [9.17, 15) is 8.42 Å². The second kappa shape index (κ2) is 5.66. The number of sulfonamides is 1. The molecule has 8 heteroatoms. The van der Waals surface area contributed by atoms with E-state index >= 15 is 0 Å². The van der Waals surface area contributed by atoms with Crippen LogP contribution in [0.5, 0.6) is 0 Å². The van der Waals surface area contributed by atoms with E-state index in [2.05, 4.69) is 41.6 Å². The number of rotatable bonds is 4. The normalized spacial score (nSPS) is 11.5. The molecule has 0 amide bonds. The lowest BCUT2D eigenvalue weighted by molar-refractivity contribution is 0.601. The quantitative estimate of drug-likeness (QED) is 0.726. The lowest BCUT2D eigenvalue weighted by Gasteiger charge is -2.10. The van der Waals surface area contributed by atoms with Gasteiger partial charge in [0.05, 0.1) is 5.69 Å². The van der Waals surface area contributed by atoms with Crippen LogP contribution >= 0.6 is 31.9 Å². The van der Waals surface area contributed by atoms with Gasteiger partial charge in [0.2, 0.25) is 0 Å². The first kappa shape index (κ1) is 14.6. The lowest BCUT2D eigenvalue weighted by atomic mass is 10.3. The van der Waals surface area contributed by atoms with Crippen LogP contribution in [0.2, 0.25) is 0 Å². The van der Waals surface area contributed by atoms with Crippen LogP contribution in [0.3, 0.4) is 0 Å². The van der Waals surface area contributed by atoms with E-state index in [0.29, 0.717) is 20.3 Å². The number of para-hydroxylation sites is 1. The van der Waals surface area contributed by atoms with E-state index in [1.165, 1.54) is 12.3 Å². The summed E-state index contributed by atoms with van der Waals surface area (Å²) in [5.41, 5.74) is 6.56. The van der Waals surface area contributed by atoms with Crippen LogP contribution in [0, 0.1) is 0 Å². The highest BCUT2D eigenvalue weighted by molar-refractivity contribution is 9.11. The Balaban J connectivity index is 2.36. The summed E-state index contributed by atoms with van der Waals surface area (Å²) in [5.74, 6) is 0. The van der Waals surface area contributed by atoms with Gasteiger partial charge in [0.15, 0.2) is 0 Å². The molecule has 0 saturated heterocycles. The fourth-order valence-corrected chi connectivity index (χ4v) is 4.06. The summed E-state index contributed by atoms with van der Waals surface area (Å²) < 4.78 is 28.3. The number of H-pyrrole nitrogens is 1. The molecule has 0 spiro atoms. The molecular weight excluding hydrogens is 398 g/mol. The predicted molar refractivity (Wildman–Crippen MR) is 81.3 cm³/mol.